The number of benzene rings is 2. The van der Waals surface area contributed by atoms with Gasteiger partial charge in [0.05, 0.1) is 11.9 Å². The van der Waals surface area contributed by atoms with Crippen molar-refractivity contribution in [3.05, 3.63) is 64.7 Å². The van der Waals surface area contributed by atoms with E-state index >= 15 is 0 Å². The van der Waals surface area contributed by atoms with Crippen LogP contribution in [0.1, 0.15) is 58.1 Å². The summed E-state index contributed by atoms with van der Waals surface area (Å²) < 4.78 is 26.5. The summed E-state index contributed by atoms with van der Waals surface area (Å²) in [5.74, 6) is -0.186. The molecule has 0 aromatic heterocycles. The summed E-state index contributed by atoms with van der Waals surface area (Å²) in [6, 6.07) is 13.4. The lowest BCUT2D eigenvalue weighted by atomic mass is 10.0. The van der Waals surface area contributed by atoms with Crippen molar-refractivity contribution in [1.82, 2.24) is 10.2 Å². The summed E-state index contributed by atoms with van der Waals surface area (Å²) in [5, 5.41) is 3.47. The molecule has 2 aromatic carbocycles. The van der Waals surface area contributed by atoms with Crippen molar-refractivity contribution in [2.45, 2.75) is 59.5 Å². The van der Waals surface area contributed by atoms with Crippen molar-refractivity contribution in [3.8, 4) is 0 Å². The Bertz CT molecular complexity index is 1120. The van der Waals surface area contributed by atoms with E-state index in [9.17, 15) is 18.0 Å². The van der Waals surface area contributed by atoms with E-state index < -0.39 is 28.5 Å². The molecule has 198 valence electrons. The third-order valence-electron chi connectivity index (χ3n) is 5.86. The summed E-state index contributed by atoms with van der Waals surface area (Å²) >= 11 is 6.02. The molecule has 36 heavy (non-hydrogen) atoms. The summed E-state index contributed by atoms with van der Waals surface area (Å²) in [6.07, 6.45) is 1.46. The second-order valence-corrected chi connectivity index (χ2v) is 12.1. The van der Waals surface area contributed by atoms with Gasteiger partial charge in [-0.05, 0) is 53.6 Å². The average Bonchev–Trinajstić information content (AvgIpc) is 2.81. The Morgan fingerprint density at radius 2 is 1.56 bits per heavy atom. The number of halogens is 1. The minimum atomic E-state index is -3.76. The normalized spacial score (nSPS) is 12.5. The Labute approximate surface area is 220 Å². The van der Waals surface area contributed by atoms with Gasteiger partial charge in [0.25, 0.3) is 0 Å². The number of hydrogen-bond acceptors (Lipinski definition) is 4. The molecule has 0 heterocycles. The van der Waals surface area contributed by atoms with E-state index in [2.05, 4.69) is 19.2 Å². The molecule has 1 atom stereocenters. The number of amides is 2. The molecule has 0 fully saturated rings. The van der Waals surface area contributed by atoms with E-state index in [4.69, 9.17) is 11.6 Å². The van der Waals surface area contributed by atoms with Gasteiger partial charge in [-0.15, -0.1) is 0 Å². The zero-order valence-corrected chi connectivity index (χ0v) is 23.6. The molecular formula is C27H38ClN3O4S. The molecule has 7 nitrogen and oxygen atoms in total. The first-order valence-electron chi connectivity index (χ1n) is 12.2. The van der Waals surface area contributed by atoms with Gasteiger partial charge in [-0.3, -0.25) is 13.9 Å². The minimum Gasteiger partial charge on any atom is -0.354 e. The van der Waals surface area contributed by atoms with Gasteiger partial charge in [-0.1, -0.05) is 70.5 Å². The molecular weight excluding hydrogens is 498 g/mol. The highest BCUT2D eigenvalue weighted by Gasteiger charge is 2.31. The number of carbonyl (C=O) groups is 2. The Morgan fingerprint density at radius 3 is 2.03 bits per heavy atom. The smallest absolute Gasteiger partial charge is 0.244 e. The maximum absolute atomic E-state index is 13.7. The van der Waals surface area contributed by atoms with Crippen molar-refractivity contribution in [2.24, 2.45) is 5.92 Å². The third-order valence-corrected chi connectivity index (χ3v) is 7.26. The summed E-state index contributed by atoms with van der Waals surface area (Å²) in [4.78, 5) is 28.2. The van der Waals surface area contributed by atoms with E-state index in [1.165, 1.54) is 4.90 Å². The fraction of sp³-hybridized carbons (Fsp3) is 0.481. The molecule has 0 aliphatic carbocycles. The number of nitrogens with zero attached hydrogens (tertiary/aromatic N) is 2. The molecule has 2 aromatic rings. The van der Waals surface area contributed by atoms with Crippen LogP contribution in [-0.2, 0) is 26.2 Å². The van der Waals surface area contributed by atoms with Crippen molar-refractivity contribution < 1.29 is 18.0 Å². The van der Waals surface area contributed by atoms with Crippen molar-refractivity contribution in [2.75, 3.05) is 23.7 Å². The number of nitrogens with one attached hydrogen (secondary N) is 1. The van der Waals surface area contributed by atoms with E-state index in [1.807, 2.05) is 32.9 Å². The highest BCUT2D eigenvalue weighted by molar-refractivity contribution is 7.92. The second kappa shape index (κ2) is 13.1. The van der Waals surface area contributed by atoms with Crippen LogP contribution < -0.4 is 9.62 Å². The summed E-state index contributed by atoms with van der Waals surface area (Å²) in [5.41, 5.74) is 2.25. The fourth-order valence-electron chi connectivity index (χ4n) is 3.77. The SMILES string of the molecule is CC[C@@H](C(=O)NCC(C)C)N(Cc1ccc(Cl)cc1)C(=O)CN(c1ccc(C(C)C)cc1)S(C)(=O)=O. The Morgan fingerprint density at radius 1 is 0.972 bits per heavy atom. The van der Waals surface area contributed by atoms with Crippen molar-refractivity contribution >= 4 is 39.1 Å². The molecule has 0 spiro atoms. The van der Waals surface area contributed by atoms with E-state index in [0.29, 0.717) is 23.7 Å². The van der Waals surface area contributed by atoms with Crippen LogP contribution in [0.3, 0.4) is 0 Å². The lowest BCUT2D eigenvalue weighted by molar-refractivity contribution is -0.140. The Kier molecular flexibility index (Phi) is 10.8. The zero-order chi connectivity index (χ0) is 27.0. The standard InChI is InChI=1S/C27H38ClN3O4S/c1-7-25(27(33)29-16-19(2)3)30(17-21-8-12-23(28)13-9-21)26(32)18-31(36(6,34)35)24-14-10-22(11-15-24)20(4)5/h8-15,19-20,25H,7,16-18H2,1-6H3,(H,29,33)/t25-/m0/s1. The van der Waals surface area contributed by atoms with Crippen LogP contribution in [0.5, 0.6) is 0 Å². The topological polar surface area (TPSA) is 86.8 Å². The first-order valence-corrected chi connectivity index (χ1v) is 14.4. The second-order valence-electron chi connectivity index (χ2n) is 9.73. The maximum atomic E-state index is 13.7. The molecule has 2 amide bonds. The molecule has 0 radical (unpaired) electrons. The van der Waals surface area contributed by atoms with Gasteiger partial charge in [0.1, 0.15) is 12.6 Å². The largest absolute Gasteiger partial charge is 0.354 e. The molecule has 2 rings (SSSR count). The molecule has 9 heteroatoms. The predicted molar refractivity (Wildman–Crippen MR) is 147 cm³/mol. The van der Waals surface area contributed by atoms with Crippen LogP contribution in [0.2, 0.25) is 5.02 Å². The lowest BCUT2D eigenvalue weighted by Crippen LogP contribution is -2.52. The molecule has 1 N–H and O–H groups in total. The zero-order valence-electron chi connectivity index (χ0n) is 22.0. The van der Waals surface area contributed by atoms with Gasteiger partial charge < -0.3 is 10.2 Å². The summed E-state index contributed by atoms with van der Waals surface area (Å²) in [7, 11) is -3.76. The van der Waals surface area contributed by atoms with Crippen molar-refractivity contribution in [1.29, 1.82) is 0 Å². The van der Waals surface area contributed by atoms with Crippen LogP contribution in [0.4, 0.5) is 5.69 Å². The van der Waals surface area contributed by atoms with Gasteiger partial charge in [0.15, 0.2) is 0 Å². The number of sulfonamides is 1. The van der Waals surface area contributed by atoms with Gasteiger partial charge in [0, 0.05) is 18.1 Å². The van der Waals surface area contributed by atoms with Gasteiger partial charge in [-0.2, -0.15) is 0 Å². The highest BCUT2D eigenvalue weighted by atomic mass is 35.5. The Balaban J connectivity index is 2.41. The minimum absolute atomic E-state index is 0.146. The first kappa shape index (κ1) is 29.6. The van der Waals surface area contributed by atoms with E-state index in [0.717, 1.165) is 21.7 Å². The number of carbonyl (C=O) groups excluding carboxylic acids is 2. The number of anilines is 1. The Hall–Kier alpha value is -2.58. The van der Waals surface area contributed by atoms with Gasteiger partial charge in [-0.25, -0.2) is 8.42 Å². The van der Waals surface area contributed by atoms with Crippen LogP contribution in [-0.4, -0.2) is 50.5 Å². The monoisotopic (exact) mass is 535 g/mol. The van der Waals surface area contributed by atoms with Gasteiger partial charge in [0.2, 0.25) is 21.8 Å². The quantitative estimate of drug-likeness (QED) is 0.422. The first-order chi connectivity index (χ1) is 16.8. The summed E-state index contributed by atoms with van der Waals surface area (Å²) in [6.45, 7) is 10.1. The van der Waals surface area contributed by atoms with Crippen LogP contribution in [0.15, 0.2) is 48.5 Å². The van der Waals surface area contributed by atoms with Gasteiger partial charge >= 0.3 is 0 Å². The lowest BCUT2D eigenvalue weighted by Gasteiger charge is -2.33. The molecule has 0 aliphatic rings. The maximum Gasteiger partial charge on any atom is 0.244 e. The fourth-order valence-corrected chi connectivity index (χ4v) is 4.74. The van der Waals surface area contributed by atoms with Crippen LogP contribution in [0.25, 0.3) is 0 Å². The average molecular weight is 536 g/mol. The van der Waals surface area contributed by atoms with E-state index in [-0.39, 0.29) is 24.3 Å². The number of hydrogen-bond donors (Lipinski definition) is 1. The van der Waals surface area contributed by atoms with Crippen LogP contribution in [0, 0.1) is 5.92 Å². The highest BCUT2D eigenvalue weighted by Crippen LogP contribution is 2.23. The third kappa shape index (κ3) is 8.52. The predicted octanol–water partition coefficient (Wildman–Crippen LogP) is 4.81. The van der Waals surface area contributed by atoms with E-state index in [1.54, 1.807) is 36.4 Å². The van der Waals surface area contributed by atoms with Crippen molar-refractivity contribution in [3.63, 3.8) is 0 Å². The molecule has 0 bridgehead atoms. The molecule has 0 unspecified atom stereocenters. The molecule has 0 aliphatic heterocycles. The molecule has 0 saturated carbocycles. The molecule has 0 saturated heterocycles. The van der Waals surface area contributed by atoms with Crippen LogP contribution >= 0.6 is 11.6 Å². The number of rotatable bonds is 12.